The molecule has 3 aliphatic rings. The number of hydrazine groups is 1. The number of carboxylic acid groups (broad SMARTS) is 1. The van der Waals surface area contributed by atoms with Gasteiger partial charge in [-0.3, -0.25) is 24.5 Å². The van der Waals surface area contributed by atoms with Crippen molar-refractivity contribution in [1.82, 2.24) is 25.2 Å². The van der Waals surface area contributed by atoms with Crippen molar-refractivity contribution < 1.29 is 37.4 Å². The highest BCUT2D eigenvalue weighted by molar-refractivity contribution is 7.11. The third kappa shape index (κ3) is 6.27. The van der Waals surface area contributed by atoms with Crippen LogP contribution in [0.2, 0.25) is 0 Å². The van der Waals surface area contributed by atoms with Crippen molar-refractivity contribution in [3.05, 3.63) is 63.0 Å². The van der Waals surface area contributed by atoms with Crippen molar-refractivity contribution in [2.45, 2.75) is 65.1 Å². The first kappa shape index (κ1) is 33.5. The molecule has 3 aliphatic heterocycles. The number of amides is 1. The van der Waals surface area contributed by atoms with Crippen molar-refractivity contribution in [1.29, 1.82) is 0 Å². The number of hydrogen-bond donors (Lipinski definition) is 2. The summed E-state index contributed by atoms with van der Waals surface area (Å²) in [7, 11) is 0. The minimum Gasteiger partial charge on any atom is -0.481 e. The van der Waals surface area contributed by atoms with Crippen LogP contribution < -0.4 is 5.32 Å². The van der Waals surface area contributed by atoms with Crippen LogP contribution in [0.3, 0.4) is 0 Å². The lowest BCUT2D eigenvalue weighted by molar-refractivity contribution is -0.156. The molecule has 248 valence electrons. The highest BCUT2D eigenvalue weighted by atomic mass is 32.1. The number of carbonyl (C=O) groups is 3. The molecule has 2 fully saturated rings. The molecule has 0 saturated carbocycles. The van der Waals surface area contributed by atoms with Gasteiger partial charge in [-0.15, -0.1) is 11.3 Å². The maximum absolute atomic E-state index is 15.9. The highest BCUT2D eigenvalue weighted by Crippen LogP contribution is 2.43. The van der Waals surface area contributed by atoms with E-state index in [2.05, 4.69) is 10.3 Å². The van der Waals surface area contributed by atoms with Gasteiger partial charge >= 0.3 is 11.9 Å². The largest absolute Gasteiger partial charge is 0.481 e. The predicted octanol–water partition coefficient (Wildman–Crippen LogP) is 3.77. The Kier molecular flexibility index (Phi) is 9.30. The number of nitrogens with zero attached hydrogens (tertiary/aromatic N) is 5. The minimum atomic E-state index is -3.29. The molecule has 0 radical (unpaired) electrons. The van der Waals surface area contributed by atoms with Gasteiger partial charge in [0.2, 0.25) is 5.91 Å². The van der Waals surface area contributed by atoms with E-state index >= 15 is 8.78 Å². The second-order valence-corrected chi connectivity index (χ2v) is 13.2. The number of alkyl halides is 2. The summed E-state index contributed by atoms with van der Waals surface area (Å²) < 4.78 is 52.1. The van der Waals surface area contributed by atoms with Gasteiger partial charge in [-0.25, -0.2) is 28.0 Å². The molecule has 1 aromatic heterocycles. The Bertz CT molecular complexity index is 1580. The van der Waals surface area contributed by atoms with Gasteiger partial charge < -0.3 is 15.2 Å². The molecule has 1 amide bonds. The number of hydrogen-bond acceptors (Lipinski definition) is 10. The Morgan fingerprint density at radius 3 is 2.63 bits per heavy atom. The van der Waals surface area contributed by atoms with Gasteiger partial charge in [-0.2, -0.15) is 0 Å². The van der Waals surface area contributed by atoms with Crippen LogP contribution in [0.5, 0.6) is 0 Å². The molecule has 2 aromatic rings. The lowest BCUT2D eigenvalue weighted by Crippen LogP contribution is -2.52. The van der Waals surface area contributed by atoms with Crippen LogP contribution in [-0.4, -0.2) is 99.5 Å². The van der Waals surface area contributed by atoms with Crippen molar-refractivity contribution in [3.8, 4) is 0 Å². The molecule has 0 spiro atoms. The zero-order valence-electron chi connectivity index (χ0n) is 26.2. The fourth-order valence-electron chi connectivity index (χ4n) is 6.24. The van der Waals surface area contributed by atoms with Crippen LogP contribution >= 0.6 is 11.3 Å². The molecular weight excluding hydrogens is 625 g/mol. The number of amidine groups is 1. The number of fused-ring (bicyclic) bond motifs is 1. The first-order chi connectivity index (χ1) is 21.7. The molecule has 5 rings (SSSR count). The average molecular weight is 663 g/mol. The number of esters is 1. The van der Waals surface area contributed by atoms with E-state index in [-0.39, 0.29) is 49.5 Å². The number of halogens is 3. The van der Waals surface area contributed by atoms with E-state index < -0.39 is 59.7 Å². The zero-order chi connectivity index (χ0) is 33.6. The Morgan fingerprint density at radius 1 is 1.26 bits per heavy atom. The zero-order valence-corrected chi connectivity index (χ0v) is 27.0. The molecule has 11 nitrogen and oxygen atoms in total. The maximum atomic E-state index is 15.9. The van der Waals surface area contributed by atoms with Crippen LogP contribution in [0.4, 0.5) is 13.2 Å². The first-order valence-electron chi connectivity index (χ1n) is 15.0. The number of nitrogens with one attached hydrogen (secondary N) is 1. The van der Waals surface area contributed by atoms with Crippen LogP contribution in [-0.2, 0) is 19.1 Å². The molecule has 3 unspecified atom stereocenters. The number of aromatic nitrogens is 1. The fraction of sp³-hybridized carbons (Fsp3) is 0.516. The summed E-state index contributed by atoms with van der Waals surface area (Å²) in [6.07, 6.45) is 1.62. The molecule has 0 aliphatic carbocycles. The SMILES string of the molecule is CCOC(=O)C1=C(CN2CC(F)(F)C3C2CN(C(C)=O)N3CCC(C)(C)C(=O)O)NC(c2nccs2)=NC1c1cccc(F)c1C. The number of rotatable bonds is 10. The van der Waals surface area contributed by atoms with Crippen molar-refractivity contribution in [2.75, 3.05) is 32.8 Å². The number of aliphatic imine (C=N–C) groups is 1. The molecule has 3 atom stereocenters. The van der Waals surface area contributed by atoms with E-state index in [4.69, 9.17) is 9.73 Å². The molecule has 2 saturated heterocycles. The average Bonchev–Trinajstić information content (AvgIpc) is 3.71. The second-order valence-electron chi connectivity index (χ2n) is 12.3. The van der Waals surface area contributed by atoms with Crippen LogP contribution in [0.15, 0.2) is 46.0 Å². The monoisotopic (exact) mass is 662 g/mol. The van der Waals surface area contributed by atoms with E-state index in [0.717, 1.165) is 0 Å². The number of ether oxygens (including phenoxy) is 1. The smallest absolute Gasteiger partial charge is 0.338 e. The molecule has 4 heterocycles. The number of aliphatic carboxylic acids is 1. The summed E-state index contributed by atoms with van der Waals surface area (Å²) in [6, 6.07) is 1.20. The summed E-state index contributed by atoms with van der Waals surface area (Å²) in [5, 5.41) is 17.5. The van der Waals surface area contributed by atoms with Crippen molar-refractivity contribution >= 4 is 35.0 Å². The van der Waals surface area contributed by atoms with Gasteiger partial charge in [0.25, 0.3) is 5.92 Å². The maximum Gasteiger partial charge on any atom is 0.338 e. The molecule has 2 N–H and O–H groups in total. The Morgan fingerprint density at radius 2 is 2.00 bits per heavy atom. The summed E-state index contributed by atoms with van der Waals surface area (Å²) in [6.45, 7) is 6.59. The van der Waals surface area contributed by atoms with Crippen LogP contribution in [0.1, 0.15) is 56.3 Å². The lowest BCUT2D eigenvalue weighted by atomic mass is 9.89. The number of benzene rings is 1. The van der Waals surface area contributed by atoms with E-state index in [9.17, 15) is 23.9 Å². The summed E-state index contributed by atoms with van der Waals surface area (Å²) in [5.41, 5.74) is -0.197. The van der Waals surface area contributed by atoms with Gasteiger partial charge in [0.05, 0.1) is 36.7 Å². The Hall–Kier alpha value is -3.82. The first-order valence-corrected chi connectivity index (χ1v) is 15.8. The third-order valence-corrected chi connectivity index (χ3v) is 9.58. The van der Waals surface area contributed by atoms with Gasteiger partial charge in [0, 0.05) is 37.3 Å². The quantitative estimate of drug-likeness (QED) is 0.366. The standard InChI is InChI=1S/C31H37F3N6O5S/c1-6-45-28(42)23-21(36-26(27-35-11-13-46-27)37-24(23)19-8-7-9-20(32)17(19)2)14-38-16-31(33,34)25-22(38)15-40(18(3)41)39(25)12-10-30(4,5)29(43)44/h7-9,11,13,22,24-25H,6,10,12,14-16H2,1-5H3,(H,36,37)(H,43,44). The Labute approximate surface area is 268 Å². The van der Waals surface area contributed by atoms with Crippen molar-refractivity contribution in [2.24, 2.45) is 10.4 Å². The van der Waals surface area contributed by atoms with Gasteiger partial charge in [-0.1, -0.05) is 12.1 Å². The van der Waals surface area contributed by atoms with Crippen LogP contribution in [0.25, 0.3) is 0 Å². The number of thiazole rings is 1. The van der Waals surface area contributed by atoms with Gasteiger partial charge in [0.1, 0.15) is 17.9 Å². The van der Waals surface area contributed by atoms with E-state index in [0.29, 0.717) is 16.4 Å². The predicted molar refractivity (Wildman–Crippen MR) is 164 cm³/mol. The fourth-order valence-corrected chi connectivity index (χ4v) is 6.83. The summed E-state index contributed by atoms with van der Waals surface area (Å²) in [5.74, 6) is -5.72. The van der Waals surface area contributed by atoms with E-state index in [1.54, 1.807) is 31.5 Å². The number of likely N-dealkylation sites (tertiary alicyclic amines) is 1. The third-order valence-electron chi connectivity index (χ3n) is 8.80. The molecule has 46 heavy (non-hydrogen) atoms. The molecule has 15 heteroatoms. The lowest BCUT2D eigenvalue weighted by Gasteiger charge is -2.35. The summed E-state index contributed by atoms with van der Waals surface area (Å²) in [4.78, 5) is 48.6. The van der Waals surface area contributed by atoms with E-state index in [1.165, 1.54) is 59.2 Å². The highest BCUT2D eigenvalue weighted by Gasteiger charge is 2.62. The van der Waals surface area contributed by atoms with Gasteiger partial charge in [-0.05, 0) is 51.3 Å². The molecule has 0 bridgehead atoms. The molecule has 1 aromatic carbocycles. The van der Waals surface area contributed by atoms with Crippen LogP contribution in [0, 0.1) is 18.2 Å². The van der Waals surface area contributed by atoms with Gasteiger partial charge in [0.15, 0.2) is 10.8 Å². The number of carbonyl (C=O) groups excluding carboxylic acids is 2. The molecular formula is C31H37F3N6O5S. The van der Waals surface area contributed by atoms with Crippen molar-refractivity contribution in [3.63, 3.8) is 0 Å². The minimum absolute atomic E-state index is 0.0352. The number of carboxylic acids is 1. The second kappa shape index (κ2) is 12.8. The topological polar surface area (TPSA) is 128 Å². The van der Waals surface area contributed by atoms with E-state index in [1.807, 2.05) is 0 Å². The normalized spacial score (nSPS) is 23.3. The summed E-state index contributed by atoms with van der Waals surface area (Å²) >= 11 is 1.28. The Balaban J connectivity index is 1.56.